The van der Waals surface area contributed by atoms with Crippen LogP contribution in [-0.2, 0) is 10.0 Å². The lowest BCUT2D eigenvalue weighted by Gasteiger charge is -2.39. The molecule has 1 fully saturated rings. The smallest absolute Gasteiger partial charge is 0.410 e. The number of rotatable bonds is 6. The van der Waals surface area contributed by atoms with Crippen molar-refractivity contribution in [3.8, 4) is 5.75 Å². The molecular weight excluding hydrogens is 516 g/mol. The molecule has 39 heavy (non-hydrogen) atoms. The summed E-state index contributed by atoms with van der Waals surface area (Å²) in [5.41, 5.74) is 3.39. The molecule has 3 aromatic carbocycles. The number of fused-ring (bicyclic) bond motifs is 2. The van der Waals surface area contributed by atoms with Crippen molar-refractivity contribution in [1.82, 2.24) is 14.1 Å². The van der Waals surface area contributed by atoms with Crippen molar-refractivity contribution in [2.24, 2.45) is 0 Å². The number of benzene rings is 3. The Bertz CT molecular complexity index is 1460. The monoisotopic (exact) mass is 548 g/mol. The quantitative estimate of drug-likeness (QED) is 0.496. The average molecular weight is 549 g/mol. The van der Waals surface area contributed by atoms with E-state index in [-0.39, 0.29) is 22.6 Å². The lowest BCUT2D eigenvalue weighted by atomic mass is 9.93. The molecule has 204 valence electrons. The summed E-state index contributed by atoms with van der Waals surface area (Å²) in [4.78, 5) is 29.9. The Morgan fingerprint density at radius 2 is 1.51 bits per heavy atom. The average Bonchev–Trinajstić information content (AvgIpc) is 3.07. The number of hydrogen-bond acceptors (Lipinski definition) is 6. The molecule has 2 aliphatic rings. The first-order valence-electron chi connectivity index (χ1n) is 13.1. The van der Waals surface area contributed by atoms with Gasteiger partial charge in [-0.1, -0.05) is 50.2 Å². The zero-order valence-corrected chi connectivity index (χ0v) is 22.9. The summed E-state index contributed by atoms with van der Waals surface area (Å²) in [7, 11) is -3.58. The lowest BCUT2D eigenvalue weighted by Crippen LogP contribution is -2.50. The number of carbonyl (C=O) groups is 2. The van der Waals surface area contributed by atoms with Crippen LogP contribution >= 0.6 is 0 Å². The molecule has 1 saturated heterocycles. The van der Waals surface area contributed by atoms with Crippen molar-refractivity contribution in [3.05, 3.63) is 89.5 Å². The number of nitrogens with zero attached hydrogens (tertiary/aromatic N) is 3. The van der Waals surface area contributed by atoms with Gasteiger partial charge in [-0.15, -0.1) is 0 Å². The van der Waals surface area contributed by atoms with Crippen LogP contribution in [0.1, 0.15) is 41.4 Å². The molecule has 0 aliphatic carbocycles. The SMILES string of the molecule is CCN(CC)S(=O)(=O)c1ccc(OC(=O)N2CCN(C3c4ccccc4NC(=O)c4ccccc43)CC2)cc1. The largest absolute Gasteiger partial charge is 0.415 e. The highest BCUT2D eigenvalue weighted by Gasteiger charge is 2.34. The molecule has 2 amide bonds. The molecule has 3 aromatic rings. The van der Waals surface area contributed by atoms with Crippen molar-refractivity contribution >= 4 is 27.7 Å². The summed E-state index contributed by atoms with van der Waals surface area (Å²) in [6.07, 6.45) is -0.479. The Morgan fingerprint density at radius 3 is 2.18 bits per heavy atom. The van der Waals surface area contributed by atoms with Crippen molar-refractivity contribution in [2.45, 2.75) is 24.8 Å². The number of para-hydroxylation sites is 1. The summed E-state index contributed by atoms with van der Waals surface area (Å²) < 4.78 is 32.4. The standard InChI is InChI=1S/C29H32N4O5S/c1-3-33(4-2)39(36,37)22-15-13-21(14-16-22)38-29(35)32-19-17-31(18-20-32)27-23-9-5-6-10-24(23)28(34)30-26-12-8-7-11-25(26)27/h5-16,27H,3-4,17-20H2,1-2H3,(H,30,34). The van der Waals surface area contributed by atoms with Gasteiger partial charge in [-0.2, -0.15) is 4.31 Å². The maximum absolute atomic E-state index is 12.9. The van der Waals surface area contributed by atoms with E-state index in [1.807, 2.05) is 48.5 Å². The fourth-order valence-electron chi connectivity index (χ4n) is 5.26. The fourth-order valence-corrected chi connectivity index (χ4v) is 6.72. The summed E-state index contributed by atoms with van der Waals surface area (Å²) in [6, 6.07) is 21.3. The summed E-state index contributed by atoms with van der Waals surface area (Å²) in [5, 5.41) is 3.04. The Hall–Kier alpha value is -3.73. The van der Waals surface area contributed by atoms with Crippen LogP contribution in [-0.4, -0.2) is 73.8 Å². The number of nitrogens with one attached hydrogen (secondary N) is 1. The van der Waals surface area contributed by atoms with Crippen LogP contribution in [0.2, 0.25) is 0 Å². The normalized spacial score (nSPS) is 17.7. The molecular formula is C29H32N4O5S. The molecule has 1 unspecified atom stereocenters. The molecule has 9 nitrogen and oxygen atoms in total. The molecule has 10 heteroatoms. The molecule has 2 aliphatic heterocycles. The number of anilines is 1. The first-order valence-corrected chi connectivity index (χ1v) is 14.6. The van der Waals surface area contributed by atoms with Gasteiger partial charge in [-0.05, 0) is 47.5 Å². The zero-order valence-electron chi connectivity index (χ0n) is 22.0. The first kappa shape index (κ1) is 26.9. The van der Waals surface area contributed by atoms with Gasteiger partial charge < -0.3 is 15.0 Å². The predicted octanol–water partition coefficient (Wildman–Crippen LogP) is 4.19. The third kappa shape index (κ3) is 5.27. The number of piperazine rings is 1. The number of carbonyl (C=O) groups excluding carboxylic acids is 2. The molecule has 1 N–H and O–H groups in total. The molecule has 0 bridgehead atoms. The van der Waals surface area contributed by atoms with E-state index in [1.54, 1.807) is 18.7 Å². The van der Waals surface area contributed by atoms with Crippen LogP contribution < -0.4 is 10.1 Å². The van der Waals surface area contributed by atoms with Gasteiger partial charge in [0, 0.05) is 50.5 Å². The Kier molecular flexibility index (Phi) is 7.69. The van der Waals surface area contributed by atoms with Crippen LogP contribution in [0.25, 0.3) is 0 Å². The highest BCUT2D eigenvalue weighted by atomic mass is 32.2. The van der Waals surface area contributed by atoms with E-state index < -0.39 is 16.1 Å². The minimum absolute atomic E-state index is 0.126. The fraction of sp³-hybridized carbons (Fsp3) is 0.310. The van der Waals surface area contributed by atoms with E-state index in [4.69, 9.17) is 4.74 Å². The summed E-state index contributed by atoms with van der Waals surface area (Å²) >= 11 is 0. The van der Waals surface area contributed by atoms with Crippen molar-refractivity contribution in [1.29, 1.82) is 0 Å². The highest BCUT2D eigenvalue weighted by Crippen LogP contribution is 2.38. The van der Waals surface area contributed by atoms with Gasteiger partial charge in [0.15, 0.2) is 0 Å². The second kappa shape index (κ2) is 11.2. The van der Waals surface area contributed by atoms with E-state index in [0.29, 0.717) is 44.8 Å². The number of hydrogen-bond donors (Lipinski definition) is 1. The molecule has 1 atom stereocenters. The predicted molar refractivity (Wildman–Crippen MR) is 148 cm³/mol. The summed E-state index contributed by atoms with van der Waals surface area (Å²) in [5.74, 6) is 0.163. The van der Waals surface area contributed by atoms with Gasteiger partial charge in [0.05, 0.1) is 10.9 Å². The van der Waals surface area contributed by atoms with E-state index in [9.17, 15) is 18.0 Å². The van der Waals surface area contributed by atoms with Gasteiger partial charge in [0.2, 0.25) is 10.0 Å². The van der Waals surface area contributed by atoms with Gasteiger partial charge in [0.1, 0.15) is 5.75 Å². The van der Waals surface area contributed by atoms with E-state index in [0.717, 1.165) is 16.8 Å². The molecule has 0 spiro atoms. The zero-order chi connectivity index (χ0) is 27.6. The Morgan fingerprint density at radius 1 is 0.897 bits per heavy atom. The van der Waals surface area contributed by atoms with Gasteiger partial charge in [-0.3, -0.25) is 9.69 Å². The molecule has 0 radical (unpaired) electrons. The molecule has 0 aromatic heterocycles. The first-order chi connectivity index (χ1) is 18.8. The van der Waals surface area contributed by atoms with E-state index in [2.05, 4.69) is 10.2 Å². The van der Waals surface area contributed by atoms with Crippen LogP contribution in [0, 0.1) is 0 Å². The molecule has 0 saturated carbocycles. The topological polar surface area (TPSA) is 99.3 Å². The van der Waals surface area contributed by atoms with Crippen LogP contribution in [0.5, 0.6) is 5.75 Å². The van der Waals surface area contributed by atoms with Gasteiger partial charge in [0.25, 0.3) is 5.91 Å². The number of sulfonamides is 1. The number of amides is 2. The summed E-state index contributed by atoms with van der Waals surface area (Å²) in [6.45, 7) is 6.44. The third-order valence-electron chi connectivity index (χ3n) is 7.31. The van der Waals surface area contributed by atoms with Crippen molar-refractivity contribution in [2.75, 3.05) is 44.6 Å². The van der Waals surface area contributed by atoms with Crippen molar-refractivity contribution < 1.29 is 22.7 Å². The maximum Gasteiger partial charge on any atom is 0.415 e. The molecule has 2 heterocycles. The second-order valence-electron chi connectivity index (χ2n) is 9.48. The van der Waals surface area contributed by atoms with Gasteiger partial charge >= 0.3 is 6.09 Å². The van der Waals surface area contributed by atoms with Crippen LogP contribution in [0.15, 0.2) is 77.7 Å². The van der Waals surface area contributed by atoms with E-state index >= 15 is 0 Å². The minimum atomic E-state index is -3.58. The molecule has 5 rings (SSSR count). The minimum Gasteiger partial charge on any atom is -0.410 e. The third-order valence-corrected chi connectivity index (χ3v) is 9.38. The Labute approximate surface area is 229 Å². The highest BCUT2D eigenvalue weighted by molar-refractivity contribution is 7.89. The lowest BCUT2D eigenvalue weighted by molar-refractivity contribution is 0.0971. The second-order valence-corrected chi connectivity index (χ2v) is 11.4. The van der Waals surface area contributed by atoms with Gasteiger partial charge in [-0.25, -0.2) is 13.2 Å². The number of ether oxygens (including phenoxy) is 1. The van der Waals surface area contributed by atoms with E-state index in [1.165, 1.54) is 28.6 Å². The van der Waals surface area contributed by atoms with Crippen molar-refractivity contribution in [3.63, 3.8) is 0 Å². The maximum atomic E-state index is 12.9. The van der Waals surface area contributed by atoms with Crippen LogP contribution in [0.3, 0.4) is 0 Å². The Balaban J connectivity index is 1.28. The van der Waals surface area contributed by atoms with Crippen LogP contribution in [0.4, 0.5) is 10.5 Å².